The number of rotatable bonds is 3. The SMILES string of the molecule is Cc1noc(C)c1S(=O)(=O)N1CCN(C(=O)C2CCc3cncn3C2)CC1. The Morgan fingerprint density at radius 2 is 1.96 bits per heavy atom. The molecule has 0 N–H and O–H groups in total. The third kappa shape index (κ3) is 3.16. The van der Waals surface area contributed by atoms with Crippen molar-refractivity contribution >= 4 is 15.9 Å². The third-order valence-electron chi connectivity index (χ3n) is 5.43. The van der Waals surface area contributed by atoms with E-state index >= 15 is 0 Å². The molecule has 0 spiro atoms. The van der Waals surface area contributed by atoms with Gasteiger partial charge in [-0.15, -0.1) is 0 Å². The number of aromatic nitrogens is 3. The zero-order chi connectivity index (χ0) is 19.2. The number of carbonyl (C=O) groups is 1. The quantitative estimate of drug-likeness (QED) is 0.756. The van der Waals surface area contributed by atoms with Crippen molar-refractivity contribution in [2.24, 2.45) is 5.92 Å². The molecule has 10 heteroatoms. The fourth-order valence-corrected chi connectivity index (χ4v) is 5.67. The summed E-state index contributed by atoms with van der Waals surface area (Å²) < 4.78 is 34.2. The van der Waals surface area contributed by atoms with Crippen LogP contribution in [0.1, 0.15) is 23.6 Å². The lowest BCUT2D eigenvalue weighted by atomic mass is 9.96. The number of hydrogen-bond acceptors (Lipinski definition) is 6. The highest BCUT2D eigenvalue weighted by molar-refractivity contribution is 7.89. The number of hydrogen-bond donors (Lipinski definition) is 0. The van der Waals surface area contributed by atoms with Crippen LogP contribution >= 0.6 is 0 Å². The van der Waals surface area contributed by atoms with E-state index in [0.29, 0.717) is 31.1 Å². The minimum Gasteiger partial charge on any atom is -0.360 e. The Bertz CT molecular complexity index is 936. The van der Waals surface area contributed by atoms with Crippen LogP contribution in [0.2, 0.25) is 0 Å². The third-order valence-corrected chi connectivity index (χ3v) is 7.57. The van der Waals surface area contributed by atoms with Crippen LogP contribution in [0.25, 0.3) is 0 Å². The predicted molar refractivity (Wildman–Crippen MR) is 95.4 cm³/mol. The summed E-state index contributed by atoms with van der Waals surface area (Å²) in [6.45, 7) is 5.22. The average Bonchev–Trinajstić information content (AvgIpc) is 3.26. The van der Waals surface area contributed by atoms with Gasteiger partial charge in [0.15, 0.2) is 5.76 Å². The highest BCUT2D eigenvalue weighted by Crippen LogP contribution is 2.26. The monoisotopic (exact) mass is 393 g/mol. The van der Waals surface area contributed by atoms with Gasteiger partial charge in [-0.2, -0.15) is 4.31 Å². The Morgan fingerprint density at radius 3 is 2.63 bits per heavy atom. The first kappa shape index (κ1) is 18.2. The maximum absolute atomic E-state index is 12.9. The predicted octanol–water partition coefficient (Wildman–Crippen LogP) is 0.583. The van der Waals surface area contributed by atoms with E-state index in [1.807, 2.05) is 10.8 Å². The molecule has 4 rings (SSSR count). The van der Waals surface area contributed by atoms with Crippen LogP contribution in [0.3, 0.4) is 0 Å². The minimum atomic E-state index is -3.66. The Hall–Kier alpha value is -2.20. The van der Waals surface area contributed by atoms with Gasteiger partial charge in [-0.05, 0) is 26.7 Å². The van der Waals surface area contributed by atoms with E-state index in [1.54, 1.807) is 25.1 Å². The second-order valence-electron chi connectivity index (χ2n) is 7.16. The molecule has 0 saturated carbocycles. The van der Waals surface area contributed by atoms with E-state index in [0.717, 1.165) is 18.5 Å². The number of imidazole rings is 1. The van der Waals surface area contributed by atoms with Crippen LogP contribution in [0.4, 0.5) is 0 Å². The van der Waals surface area contributed by atoms with Crippen LogP contribution in [0.5, 0.6) is 0 Å². The zero-order valence-electron chi connectivity index (χ0n) is 15.5. The Labute approximate surface area is 158 Å². The molecule has 1 fully saturated rings. The van der Waals surface area contributed by atoms with Crippen molar-refractivity contribution < 1.29 is 17.7 Å². The number of nitrogens with zero attached hydrogens (tertiary/aromatic N) is 5. The number of amides is 1. The van der Waals surface area contributed by atoms with E-state index in [4.69, 9.17) is 4.52 Å². The molecule has 2 aromatic rings. The van der Waals surface area contributed by atoms with Crippen molar-refractivity contribution in [2.75, 3.05) is 26.2 Å². The van der Waals surface area contributed by atoms with E-state index in [2.05, 4.69) is 10.1 Å². The first-order valence-electron chi connectivity index (χ1n) is 9.08. The van der Waals surface area contributed by atoms with E-state index in [1.165, 1.54) is 4.31 Å². The molecule has 0 aromatic carbocycles. The lowest BCUT2D eigenvalue weighted by Gasteiger charge is -2.36. The van der Waals surface area contributed by atoms with Crippen molar-refractivity contribution in [2.45, 2.75) is 38.1 Å². The summed E-state index contributed by atoms with van der Waals surface area (Å²) >= 11 is 0. The molecule has 1 amide bonds. The summed E-state index contributed by atoms with van der Waals surface area (Å²) in [5.41, 5.74) is 1.53. The molecule has 1 saturated heterocycles. The number of piperazine rings is 1. The minimum absolute atomic E-state index is 0.0718. The zero-order valence-corrected chi connectivity index (χ0v) is 16.3. The van der Waals surface area contributed by atoms with Gasteiger partial charge in [-0.25, -0.2) is 13.4 Å². The summed E-state index contributed by atoms with van der Waals surface area (Å²) in [5.74, 6) is 0.325. The fraction of sp³-hybridized carbons (Fsp3) is 0.588. The second-order valence-corrected chi connectivity index (χ2v) is 9.03. The van der Waals surface area contributed by atoms with Gasteiger partial charge in [0.2, 0.25) is 15.9 Å². The second kappa shape index (κ2) is 6.75. The van der Waals surface area contributed by atoms with Gasteiger partial charge in [0.1, 0.15) is 10.6 Å². The molecular weight excluding hydrogens is 370 g/mol. The lowest BCUT2D eigenvalue weighted by Crippen LogP contribution is -2.52. The van der Waals surface area contributed by atoms with Gasteiger partial charge in [0.25, 0.3) is 0 Å². The van der Waals surface area contributed by atoms with E-state index in [9.17, 15) is 13.2 Å². The van der Waals surface area contributed by atoms with Gasteiger partial charge in [0.05, 0.1) is 12.2 Å². The molecule has 2 aliphatic rings. The molecule has 146 valence electrons. The van der Waals surface area contributed by atoms with Crippen molar-refractivity contribution in [3.05, 3.63) is 29.7 Å². The highest BCUT2D eigenvalue weighted by atomic mass is 32.2. The molecule has 2 aromatic heterocycles. The van der Waals surface area contributed by atoms with Crippen molar-refractivity contribution in [3.63, 3.8) is 0 Å². The Morgan fingerprint density at radius 1 is 1.22 bits per heavy atom. The number of carbonyl (C=O) groups excluding carboxylic acids is 1. The maximum atomic E-state index is 12.9. The number of sulfonamides is 1. The van der Waals surface area contributed by atoms with Crippen LogP contribution in [0.15, 0.2) is 21.9 Å². The molecule has 0 aliphatic carbocycles. The maximum Gasteiger partial charge on any atom is 0.248 e. The molecule has 27 heavy (non-hydrogen) atoms. The molecule has 4 heterocycles. The largest absolute Gasteiger partial charge is 0.360 e. The van der Waals surface area contributed by atoms with Gasteiger partial charge >= 0.3 is 0 Å². The van der Waals surface area contributed by atoms with Crippen LogP contribution in [-0.2, 0) is 27.8 Å². The van der Waals surface area contributed by atoms with Gasteiger partial charge < -0.3 is 14.0 Å². The molecule has 9 nitrogen and oxygen atoms in total. The summed E-state index contributed by atoms with van der Waals surface area (Å²) in [6, 6.07) is 0. The normalized spacial score (nSPS) is 21.3. The molecule has 1 atom stereocenters. The Kier molecular flexibility index (Phi) is 4.55. The van der Waals surface area contributed by atoms with Crippen molar-refractivity contribution in [1.29, 1.82) is 0 Å². The smallest absolute Gasteiger partial charge is 0.248 e. The lowest BCUT2D eigenvalue weighted by molar-refractivity contribution is -0.137. The van der Waals surface area contributed by atoms with E-state index in [-0.39, 0.29) is 29.8 Å². The highest BCUT2D eigenvalue weighted by Gasteiger charge is 2.36. The topological polar surface area (TPSA) is 102 Å². The summed E-state index contributed by atoms with van der Waals surface area (Å²) in [5, 5.41) is 3.74. The molecule has 2 aliphatic heterocycles. The van der Waals surface area contributed by atoms with Gasteiger partial charge in [0, 0.05) is 44.6 Å². The van der Waals surface area contributed by atoms with Crippen molar-refractivity contribution in [1.82, 2.24) is 23.9 Å². The standard InChI is InChI=1S/C17H23N5O4S/c1-12-16(13(2)26-19-12)27(24,25)22-7-5-20(6-8-22)17(23)14-3-4-15-9-18-11-21(15)10-14/h9,11,14H,3-8,10H2,1-2H3. The fourth-order valence-electron chi connectivity index (χ4n) is 3.95. The van der Waals surface area contributed by atoms with Crippen LogP contribution < -0.4 is 0 Å². The number of aryl methyl sites for hydroxylation is 3. The van der Waals surface area contributed by atoms with Crippen LogP contribution in [0, 0.1) is 19.8 Å². The summed E-state index contributed by atoms with van der Waals surface area (Å²) in [4.78, 5) is 18.9. The molecule has 0 radical (unpaired) electrons. The van der Waals surface area contributed by atoms with Crippen LogP contribution in [-0.4, -0.2) is 64.4 Å². The van der Waals surface area contributed by atoms with Crippen molar-refractivity contribution in [3.8, 4) is 0 Å². The summed E-state index contributed by atoms with van der Waals surface area (Å²) in [6.07, 6.45) is 5.26. The average molecular weight is 393 g/mol. The molecular formula is C17H23N5O4S. The van der Waals surface area contributed by atoms with Gasteiger partial charge in [-0.3, -0.25) is 4.79 Å². The first-order chi connectivity index (χ1) is 12.9. The van der Waals surface area contributed by atoms with Gasteiger partial charge in [-0.1, -0.05) is 5.16 Å². The summed E-state index contributed by atoms with van der Waals surface area (Å²) in [7, 11) is -3.66. The molecule has 0 bridgehead atoms. The molecule has 1 unspecified atom stereocenters. The van der Waals surface area contributed by atoms with E-state index < -0.39 is 10.0 Å². The number of fused-ring (bicyclic) bond motifs is 1. The first-order valence-corrected chi connectivity index (χ1v) is 10.5. The Balaban J connectivity index is 1.41.